The van der Waals surface area contributed by atoms with E-state index in [2.05, 4.69) is 9.59 Å². The van der Waals surface area contributed by atoms with Crippen LogP contribution in [0.15, 0.2) is 0 Å². The second-order valence-electron chi connectivity index (χ2n) is 5.86. The minimum absolute atomic E-state index is 0.0727. The molecule has 94 valence electrons. The standard InChI is InChI=1S/C11H17N3O2S/c1-10(2,3)8-7(17-13-12-8)9(15)14-5-11(4,16)6-14/h16H,5-6H2,1-4H3. The van der Waals surface area contributed by atoms with E-state index in [4.69, 9.17) is 0 Å². The van der Waals surface area contributed by atoms with Crippen molar-refractivity contribution in [2.24, 2.45) is 0 Å². The first-order valence-corrected chi connectivity index (χ1v) is 6.32. The van der Waals surface area contributed by atoms with Gasteiger partial charge >= 0.3 is 0 Å². The van der Waals surface area contributed by atoms with Gasteiger partial charge in [0, 0.05) is 5.41 Å². The normalized spacial score (nSPS) is 19.0. The summed E-state index contributed by atoms with van der Waals surface area (Å²) in [7, 11) is 0. The van der Waals surface area contributed by atoms with Gasteiger partial charge in [-0.1, -0.05) is 25.3 Å². The molecule has 1 aliphatic rings. The van der Waals surface area contributed by atoms with Crippen LogP contribution in [0, 0.1) is 0 Å². The van der Waals surface area contributed by atoms with Gasteiger partial charge in [0.15, 0.2) is 0 Å². The van der Waals surface area contributed by atoms with Crippen molar-refractivity contribution in [1.29, 1.82) is 0 Å². The van der Waals surface area contributed by atoms with Crippen LogP contribution in [0.1, 0.15) is 43.1 Å². The van der Waals surface area contributed by atoms with Crippen LogP contribution in [0.3, 0.4) is 0 Å². The number of hydrogen-bond acceptors (Lipinski definition) is 5. The van der Waals surface area contributed by atoms with E-state index in [9.17, 15) is 9.90 Å². The third-order valence-corrected chi connectivity index (χ3v) is 3.46. The van der Waals surface area contributed by atoms with E-state index >= 15 is 0 Å². The molecule has 1 aromatic heterocycles. The Morgan fingerprint density at radius 3 is 2.53 bits per heavy atom. The fraction of sp³-hybridized carbons (Fsp3) is 0.727. The highest BCUT2D eigenvalue weighted by Crippen LogP contribution is 2.29. The smallest absolute Gasteiger partial charge is 0.267 e. The maximum atomic E-state index is 12.2. The Bertz CT molecular complexity index is 440. The van der Waals surface area contributed by atoms with Crippen molar-refractivity contribution in [2.45, 2.75) is 38.7 Å². The summed E-state index contributed by atoms with van der Waals surface area (Å²) in [5.74, 6) is -0.0727. The number of nitrogens with zero attached hydrogens (tertiary/aromatic N) is 3. The van der Waals surface area contributed by atoms with Crippen molar-refractivity contribution >= 4 is 17.4 Å². The summed E-state index contributed by atoms with van der Waals surface area (Å²) in [5.41, 5.74) is -0.194. The highest BCUT2D eigenvalue weighted by molar-refractivity contribution is 7.08. The molecule has 0 saturated carbocycles. The Kier molecular flexibility index (Phi) is 2.74. The molecule has 1 N–H and O–H groups in total. The van der Waals surface area contributed by atoms with Gasteiger partial charge in [-0.15, -0.1) is 5.10 Å². The lowest BCUT2D eigenvalue weighted by molar-refractivity contribution is -0.0667. The number of carbonyl (C=O) groups is 1. The van der Waals surface area contributed by atoms with Crippen LogP contribution in [0.5, 0.6) is 0 Å². The Hall–Kier alpha value is -1.01. The summed E-state index contributed by atoms with van der Waals surface area (Å²) in [6, 6.07) is 0. The first kappa shape index (κ1) is 12.4. The minimum Gasteiger partial charge on any atom is -0.386 e. The molecular formula is C11H17N3O2S. The second kappa shape index (κ2) is 3.74. The number of hydrogen-bond donors (Lipinski definition) is 1. The molecule has 1 aromatic rings. The molecule has 6 heteroatoms. The first-order chi connectivity index (χ1) is 7.71. The molecule has 17 heavy (non-hydrogen) atoms. The van der Waals surface area contributed by atoms with Gasteiger partial charge in [-0.2, -0.15) is 0 Å². The third kappa shape index (κ3) is 2.32. The Labute approximate surface area is 105 Å². The lowest BCUT2D eigenvalue weighted by Gasteiger charge is -2.44. The van der Waals surface area contributed by atoms with E-state index in [1.165, 1.54) is 0 Å². The van der Waals surface area contributed by atoms with Crippen molar-refractivity contribution in [1.82, 2.24) is 14.5 Å². The summed E-state index contributed by atoms with van der Waals surface area (Å²) < 4.78 is 3.87. The first-order valence-electron chi connectivity index (χ1n) is 5.55. The molecule has 2 heterocycles. The number of aromatic nitrogens is 2. The summed E-state index contributed by atoms with van der Waals surface area (Å²) in [6.45, 7) is 8.51. The summed E-state index contributed by atoms with van der Waals surface area (Å²) in [4.78, 5) is 14.4. The number of likely N-dealkylation sites (tertiary alicyclic amines) is 1. The van der Waals surface area contributed by atoms with Gasteiger partial charge < -0.3 is 10.0 Å². The monoisotopic (exact) mass is 255 g/mol. The molecule has 5 nitrogen and oxygen atoms in total. The van der Waals surface area contributed by atoms with Gasteiger partial charge in [-0.05, 0) is 18.5 Å². The molecule has 0 aromatic carbocycles. The number of rotatable bonds is 1. The highest BCUT2D eigenvalue weighted by Gasteiger charge is 2.41. The zero-order valence-corrected chi connectivity index (χ0v) is 11.3. The topological polar surface area (TPSA) is 66.3 Å². The lowest BCUT2D eigenvalue weighted by atomic mass is 9.90. The fourth-order valence-electron chi connectivity index (χ4n) is 1.88. The van der Waals surface area contributed by atoms with E-state index in [1.807, 2.05) is 20.8 Å². The van der Waals surface area contributed by atoms with Gasteiger partial charge in [0.1, 0.15) is 4.88 Å². The van der Waals surface area contributed by atoms with Crippen LogP contribution < -0.4 is 0 Å². The van der Waals surface area contributed by atoms with E-state index in [-0.39, 0.29) is 11.3 Å². The van der Waals surface area contributed by atoms with E-state index in [0.29, 0.717) is 18.0 Å². The van der Waals surface area contributed by atoms with Crippen molar-refractivity contribution in [3.05, 3.63) is 10.6 Å². The van der Waals surface area contributed by atoms with Crippen LogP contribution in [0.4, 0.5) is 0 Å². The Balaban J connectivity index is 2.19. The summed E-state index contributed by atoms with van der Waals surface area (Å²) >= 11 is 1.13. The molecular weight excluding hydrogens is 238 g/mol. The van der Waals surface area contributed by atoms with Gasteiger partial charge in [0.05, 0.1) is 24.4 Å². The zero-order valence-electron chi connectivity index (χ0n) is 10.5. The molecule has 1 amide bonds. The maximum Gasteiger partial charge on any atom is 0.267 e. The van der Waals surface area contributed by atoms with Crippen LogP contribution in [-0.2, 0) is 5.41 Å². The SMILES string of the molecule is CC1(O)CN(C(=O)c2snnc2C(C)(C)C)C1. The Morgan fingerprint density at radius 1 is 1.47 bits per heavy atom. The molecule has 2 rings (SSSR count). The third-order valence-electron chi connectivity index (χ3n) is 2.74. The number of carbonyl (C=O) groups excluding carboxylic acids is 1. The van der Waals surface area contributed by atoms with E-state index in [1.54, 1.807) is 11.8 Å². The molecule has 0 aliphatic carbocycles. The van der Waals surface area contributed by atoms with Gasteiger partial charge in [0.25, 0.3) is 5.91 Å². The fourth-order valence-corrected chi connectivity index (χ4v) is 2.73. The largest absolute Gasteiger partial charge is 0.386 e. The van der Waals surface area contributed by atoms with Crippen molar-refractivity contribution in [2.75, 3.05) is 13.1 Å². The van der Waals surface area contributed by atoms with Crippen molar-refractivity contribution < 1.29 is 9.90 Å². The molecule has 0 atom stereocenters. The van der Waals surface area contributed by atoms with Crippen LogP contribution in [-0.4, -0.2) is 44.2 Å². The zero-order chi connectivity index (χ0) is 12.8. The predicted octanol–water partition coefficient (Wildman–Crippen LogP) is 1.04. The molecule has 1 aliphatic heterocycles. The number of amides is 1. The predicted molar refractivity (Wildman–Crippen MR) is 65.1 cm³/mol. The average Bonchev–Trinajstić information content (AvgIpc) is 2.60. The summed E-state index contributed by atoms with van der Waals surface area (Å²) in [5, 5.41) is 13.7. The van der Waals surface area contributed by atoms with Crippen LogP contribution in [0.2, 0.25) is 0 Å². The second-order valence-corrected chi connectivity index (χ2v) is 6.61. The molecule has 0 spiro atoms. The highest BCUT2D eigenvalue weighted by atomic mass is 32.1. The number of aliphatic hydroxyl groups is 1. The van der Waals surface area contributed by atoms with Crippen molar-refractivity contribution in [3.8, 4) is 0 Å². The molecule has 0 radical (unpaired) electrons. The van der Waals surface area contributed by atoms with E-state index < -0.39 is 5.60 Å². The average molecular weight is 255 g/mol. The lowest BCUT2D eigenvalue weighted by Crippen LogP contribution is -2.61. The van der Waals surface area contributed by atoms with Gasteiger partial charge in [-0.3, -0.25) is 4.79 Å². The summed E-state index contributed by atoms with van der Waals surface area (Å²) in [6.07, 6.45) is 0. The van der Waals surface area contributed by atoms with Crippen LogP contribution in [0.25, 0.3) is 0 Å². The minimum atomic E-state index is -0.740. The molecule has 0 bridgehead atoms. The van der Waals surface area contributed by atoms with Crippen molar-refractivity contribution in [3.63, 3.8) is 0 Å². The van der Waals surface area contributed by atoms with Gasteiger partial charge in [-0.25, -0.2) is 0 Å². The number of β-amino-alcohol motifs (C(OH)–C–C–N with tert-alkyl or cyclic N) is 1. The molecule has 0 unspecified atom stereocenters. The van der Waals surface area contributed by atoms with E-state index in [0.717, 1.165) is 17.2 Å². The van der Waals surface area contributed by atoms with Crippen LogP contribution >= 0.6 is 11.5 Å². The quantitative estimate of drug-likeness (QED) is 0.814. The van der Waals surface area contributed by atoms with Gasteiger partial charge in [0.2, 0.25) is 0 Å². The molecule has 1 saturated heterocycles. The maximum absolute atomic E-state index is 12.2. The molecule has 1 fully saturated rings. The Morgan fingerprint density at radius 2 is 2.06 bits per heavy atom.